The van der Waals surface area contributed by atoms with Crippen LogP contribution in [0.3, 0.4) is 0 Å². The Bertz CT molecular complexity index is 9140. The van der Waals surface area contributed by atoms with Gasteiger partial charge in [-0.15, -0.1) is 34.0 Å². The molecule has 0 spiro atoms. The molecule has 600 valence electrons. The van der Waals surface area contributed by atoms with Crippen molar-refractivity contribution in [3.05, 3.63) is 364 Å². The summed E-state index contributed by atoms with van der Waals surface area (Å²) >= 11 is 5.69. The third kappa shape index (κ3) is 11.2. The van der Waals surface area contributed by atoms with E-state index < -0.39 is 0 Å². The Kier molecular flexibility index (Phi) is 16.8. The molecule has 0 bridgehead atoms. The van der Waals surface area contributed by atoms with Gasteiger partial charge in [0, 0.05) is 234 Å². The van der Waals surface area contributed by atoms with E-state index in [0.717, 1.165) is 33.5 Å². The summed E-state index contributed by atoms with van der Waals surface area (Å²) in [6.45, 7) is 0. The average Bonchev–Trinajstić information content (AvgIpc) is 1.60. The highest BCUT2D eigenvalue weighted by Gasteiger charge is 2.22. The number of thiophene rings is 3. The first kappa shape index (κ1) is 73.5. The molecule has 0 N–H and O–H groups in total. The van der Waals surface area contributed by atoms with Crippen molar-refractivity contribution in [3.8, 4) is 0 Å². The SMILES string of the molecule is Cn1c2ccccc2c2c3oc4ccccc4c3ccc21.Cn1c2ccccc2c2c3sc4ccccc4c3ccc21.Cn1c2ccccc2c2cc3oc4ccccc4c3cc21.Cn1c2ccccc2c2cc3sc4ccccc4c3cc21.Cn1c2ccccc2c2ccc3c4ccccc4oc3c21.Cn1c2ccccc2c2ccc3c4ccccc4sc3c21. The van der Waals surface area contributed by atoms with Gasteiger partial charge in [0.15, 0.2) is 5.58 Å². The van der Waals surface area contributed by atoms with Crippen molar-refractivity contribution in [2.75, 3.05) is 0 Å². The van der Waals surface area contributed by atoms with Crippen LogP contribution in [0.1, 0.15) is 0 Å². The van der Waals surface area contributed by atoms with Gasteiger partial charge in [0.25, 0.3) is 0 Å². The number of hydrogen-bond donors (Lipinski definition) is 0. The number of fused-ring (bicyclic) bond motifs is 40. The fourth-order valence-electron chi connectivity index (χ4n) is 20.5. The van der Waals surface area contributed by atoms with Crippen LogP contribution in [-0.4, -0.2) is 27.4 Å². The van der Waals surface area contributed by atoms with Crippen LogP contribution in [-0.2, 0) is 42.3 Å². The van der Waals surface area contributed by atoms with E-state index in [0.29, 0.717) is 0 Å². The van der Waals surface area contributed by atoms with Gasteiger partial charge in [-0.25, -0.2) is 0 Å². The number of rotatable bonds is 0. The van der Waals surface area contributed by atoms with E-state index in [9.17, 15) is 0 Å². The predicted octanol–water partition coefficient (Wildman–Crippen LogP) is 32.8. The first-order chi connectivity index (χ1) is 62.0. The molecule has 12 heteroatoms. The standard InChI is InChI=1S/3C19H13NO.3C19H13NS/c1-20-15-8-4-2-7-14(15)18-16(20)11-10-13-12-6-3-5-9-17(12)21-19(13)18;1-20-16-8-4-2-6-12(16)14-11-19-15(10-17(14)20)13-7-3-5-9-18(13)21-19;1-20-16-8-4-2-6-12(16)14-10-11-15-13-7-3-5-9-17(13)21-19(15)18(14)20;1-20-15-8-4-2-7-14(15)18-16(20)11-10-13-12-6-3-5-9-17(12)21-19(13)18;1-20-16-8-4-2-6-12(16)14-11-19-15(10-17(14)20)13-7-3-5-9-18(13)21-19;1-20-16-8-4-2-6-12(16)14-10-11-15-13-7-3-5-9-17(13)21-19(15)18(14)20/h6*2-11H,1H3. The number of aromatic nitrogens is 6. The van der Waals surface area contributed by atoms with Crippen LogP contribution in [0.2, 0.25) is 0 Å². The summed E-state index contributed by atoms with van der Waals surface area (Å²) < 4.78 is 40.3. The fourth-order valence-corrected chi connectivity index (χ4v) is 24.2. The van der Waals surface area contributed by atoms with Gasteiger partial charge < -0.3 is 40.7 Å². The maximum Gasteiger partial charge on any atom is 0.159 e. The largest absolute Gasteiger partial charge is 0.456 e. The molecule has 12 aromatic heterocycles. The highest BCUT2D eigenvalue weighted by Crippen LogP contribution is 2.47. The van der Waals surface area contributed by atoms with Crippen LogP contribution >= 0.6 is 34.0 Å². The molecule has 0 unspecified atom stereocenters. The molecule has 0 saturated heterocycles. The molecule has 30 aromatic rings. The van der Waals surface area contributed by atoms with Crippen LogP contribution < -0.4 is 0 Å². The topological polar surface area (TPSA) is 69.0 Å². The normalized spacial score (nSPS) is 12.0. The Balaban J connectivity index is 0.0000000824. The predicted molar refractivity (Wildman–Crippen MR) is 543 cm³/mol. The van der Waals surface area contributed by atoms with E-state index in [1.165, 1.54) is 224 Å². The van der Waals surface area contributed by atoms with Crippen molar-refractivity contribution in [1.82, 2.24) is 27.4 Å². The molecule has 18 aromatic carbocycles. The van der Waals surface area contributed by atoms with Crippen molar-refractivity contribution in [2.24, 2.45) is 42.3 Å². The summed E-state index contributed by atoms with van der Waals surface area (Å²) in [4.78, 5) is 0. The van der Waals surface area contributed by atoms with Crippen molar-refractivity contribution in [3.63, 3.8) is 0 Å². The lowest BCUT2D eigenvalue weighted by molar-refractivity contribution is 0.669. The Hall–Kier alpha value is -15.2. The second-order valence-corrected chi connectivity index (χ2v) is 36.3. The fraction of sp³-hybridized carbons (Fsp3) is 0.0526. The second-order valence-electron chi connectivity index (χ2n) is 33.1. The van der Waals surface area contributed by atoms with Crippen LogP contribution in [0.25, 0.3) is 257 Å². The molecule has 0 aliphatic rings. The first-order valence-corrected chi connectivity index (χ1v) is 45.1. The van der Waals surface area contributed by atoms with Crippen LogP contribution in [0, 0.1) is 0 Å². The van der Waals surface area contributed by atoms with Crippen LogP contribution in [0.5, 0.6) is 0 Å². The quantitative estimate of drug-likeness (QED) is 0.152. The second kappa shape index (κ2) is 28.7. The average molecular weight is 1680 g/mol. The molecule has 12 heterocycles. The highest BCUT2D eigenvalue weighted by molar-refractivity contribution is 7.27. The molecule has 0 amide bonds. The zero-order valence-corrected chi connectivity index (χ0v) is 72.2. The number of aryl methyl sites for hydroxylation is 6. The van der Waals surface area contributed by atoms with E-state index in [1.54, 1.807) is 0 Å². The minimum Gasteiger partial charge on any atom is -0.456 e. The molecule has 0 saturated carbocycles. The summed E-state index contributed by atoms with van der Waals surface area (Å²) in [6, 6.07) is 129. The molecule has 0 radical (unpaired) electrons. The third-order valence-electron chi connectivity index (χ3n) is 26.5. The van der Waals surface area contributed by atoms with E-state index >= 15 is 0 Å². The van der Waals surface area contributed by atoms with Crippen LogP contribution in [0.15, 0.2) is 377 Å². The van der Waals surface area contributed by atoms with Gasteiger partial charge in [-0.1, -0.05) is 243 Å². The Morgan fingerprint density at radius 3 is 1.04 bits per heavy atom. The van der Waals surface area contributed by atoms with Gasteiger partial charge in [0.2, 0.25) is 0 Å². The zero-order chi connectivity index (χ0) is 83.8. The van der Waals surface area contributed by atoms with Crippen molar-refractivity contribution in [2.45, 2.75) is 0 Å². The number of hydrogen-bond acceptors (Lipinski definition) is 6. The summed E-state index contributed by atoms with van der Waals surface area (Å²) in [5, 5.41) is 31.0. The number of benzene rings is 18. The van der Waals surface area contributed by atoms with Crippen molar-refractivity contribution >= 4 is 291 Å². The van der Waals surface area contributed by atoms with Gasteiger partial charge in [-0.2, -0.15) is 0 Å². The summed E-state index contributed by atoms with van der Waals surface area (Å²) in [5.74, 6) is 0. The summed E-state index contributed by atoms with van der Waals surface area (Å²) in [6.07, 6.45) is 0. The maximum absolute atomic E-state index is 6.17. The van der Waals surface area contributed by atoms with Crippen molar-refractivity contribution in [1.29, 1.82) is 0 Å². The van der Waals surface area contributed by atoms with Gasteiger partial charge in [-0.3, -0.25) is 0 Å². The van der Waals surface area contributed by atoms with E-state index in [2.05, 4.69) is 397 Å². The minimum absolute atomic E-state index is 0.949. The van der Waals surface area contributed by atoms with Crippen molar-refractivity contribution < 1.29 is 13.3 Å². The molecular weight excluding hydrogens is 1600 g/mol. The number of para-hydroxylation sites is 9. The lowest BCUT2D eigenvalue weighted by Crippen LogP contribution is -1.86. The maximum atomic E-state index is 6.17. The third-order valence-corrected chi connectivity index (χ3v) is 30.0. The molecule has 0 aliphatic carbocycles. The van der Waals surface area contributed by atoms with Gasteiger partial charge in [-0.05, 0) is 121 Å². The lowest BCUT2D eigenvalue weighted by atomic mass is 10.1. The van der Waals surface area contributed by atoms with Gasteiger partial charge >= 0.3 is 0 Å². The summed E-state index contributed by atoms with van der Waals surface area (Å²) in [5.41, 5.74) is 21.0. The van der Waals surface area contributed by atoms with Gasteiger partial charge in [0.05, 0.1) is 32.2 Å². The molecule has 9 nitrogen and oxygen atoms in total. The molecule has 0 atom stereocenters. The highest BCUT2D eigenvalue weighted by atomic mass is 32.1. The smallest absolute Gasteiger partial charge is 0.159 e. The molecule has 0 fully saturated rings. The van der Waals surface area contributed by atoms with E-state index in [1.807, 2.05) is 70.4 Å². The zero-order valence-electron chi connectivity index (χ0n) is 69.8. The minimum atomic E-state index is 0.949. The lowest BCUT2D eigenvalue weighted by Gasteiger charge is -1.99. The monoisotopic (exact) mass is 1670 g/mol. The molecule has 30 rings (SSSR count). The Labute approximate surface area is 732 Å². The Morgan fingerprint density at radius 2 is 0.492 bits per heavy atom. The number of nitrogens with zero attached hydrogens (tertiary/aromatic N) is 6. The molecule has 126 heavy (non-hydrogen) atoms. The molecular formula is C114H78N6O3S3. The van der Waals surface area contributed by atoms with Gasteiger partial charge in [0.1, 0.15) is 27.9 Å². The van der Waals surface area contributed by atoms with E-state index in [4.69, 9.17) is 13.3 Å². The molecule has 0 aliphatic heterocycles. The van der Waals surface area contributed by atoms with Crippen LogP contribution in [0.4, 0.5) is 0 Å². The Morgan fingerprint density at radius 1 is 0.167 bits per heavy atom. The van der Waals surface area contributed by atoms with E-state index in [-0.39, 0.29) is 0 Å². The summed E-state index contributed by atoms with van der Waals surface area (Å²) in [7, 11) is 12.8. The first-order valence-electron chi connectivity index (χ1n) is 42.7. The number of furan rings is 3.